The van der Waals surface area contributed by atoms with Gasteiger partial charge in [-0.1, -0.05) is 38.8 Å². The van der Waals surface area contributed by atoms with Crippen molar-refractivity contribution in [2.45, 2.75) is 71.5 Å². The van der Waals surface area contributed by atoms with E-state index in [2.05, 4.69) is 6.92 Å². The molecule has 0 saturated heterocycles. The summed E-state index contributed by atoms with van der Waals surface area (Å²) in [6.07, 6.45) is 7.84. The highest BCUT2D eigenvalue weighted by Gasteiger charge is 2.71. The number of aliphatic hydroxyl groups is 2. The van der Waals surface area contributed by atoms with E-state index in [0.29, 0.717) is 19.3 Å². The van der Waals surface area contributed by atoms with Crippen LogP contribution in [0, 0.1) is 34.5 Å². The zero-order valence-corrected chi connectivity index (χ0v) is 18.9. The van der Waals surface area contributed by atoms with Crippen molar-refractivity contribution in [3.05, 3.63) is 23.8 Å². The van der Waals surface area contributed by atoms with Gasteiger partial charge in [0.15, 0.2) is 12.4 Å². The van der Waals surface area contributed by atoms with Crippen LogP contribution in [-0.4, -0.2) is 46.1 Å². The van der Waals surface area contributed by atoms with Crippen LogP contribution < -0.4 is 0 Å². The van der Waals surface area contributed by atoms with E-state index in [0.717, 1.165) is 18.4 Å². The van der Waals surface area contributed by atoms with Crippen molar-refractivity contribution < 1.29 is 29.3 Å². The number of aliphatic hydroxyl groups excluding tert-OH is 1. The molecule has 4 aliphatic carbocycles. The average molecular weight is 431 g/mol. The van der Waals surface area contributed by atoms with Gasteiger partial charge in [-0.25, -0.2) is 0 Å². The molecule has 0 spiro atoms. The van der Waals surface area contributed by atoms with Crippen LogP contribution in [0.4, 0.5) is 0 Å². The van der Waals surface area contributed by atoms with Gasteiger partial charge in [0.1, 0.15) is 5.60 Å². The second-order valence-electron chi connectivity index (χ2n) is 10.5. The first kappa shape index (κ1) is 22.4. The van der Waals surface area contributed by atoms with E-state index in [-0.39, 0.29) is 34.9 Å². The number of carbonyl (C=O) groups excluding carboxylic acids is 3. The molecule has 3 saturated carbocycles. The summed E-state index contributed by atoms with van der Waals surface area (Å²) < 4.78 is 4.97. The van der Waals surface area contributed by atoms with Gasteiger partial charge in [0.05, 0.1) is 6.10 Å². The fraction of sp³-hybridized carbons (Fsp3) is 0.720. The van der Waals surface area contributed by atoms with E-state index >= 15 is 0 Å². The Kier molecular flexibility index (Phi) is 5.33. The molecule has 3 fully saturated rings. The molecule has 0 amide bonds. The van der Waals surface area contributed by atoms with Gasteiger partial charge in [-0.2, -0.15) is 0 Å². The van der Waals surface area contributed by atoms with Gasteiger partial charge in [-0.15, -0.1) is 0 Å². The summed E-state index contributed by atoms with van der Waals surface area (Å²) in [5.74, 6) is -1.11. The summed E-state index contributed by atoms with van der Waals surface area (Å²) in [5, 5.41) is 23.3. The van der Waals surface area contributed by atoms with E-state index in [1.807, 2.05) is 19.9 Å². The molecule has 31 heavy (non-hydrogen) atoms. The van der Waals surface area contributed by atoms with Crippen LogP contribution in [0.15, 0.2) is 23.8 Å². The Morgan fingerprint density at radius 2 is 2.00 bits per heavy atom. The zero-order valence-electron chi connectivity index (χ0n) is 18.9. The number of ketones is 2. The van der Waals surface area contributed by atoms with Crippen LogP contribution in [-0.2, 0) is 19.1 Å². The van der Waals surface area contributed by atoms with Crippen molar-refractivity contribution in [2.24, 2.45) is 34.5 Å². The smallest absolute Gasteiger partial charge is 0.303 e. The second-order valence-corrected chi connectivity index (χ2v) is 10.5. The Morgan fingerprint density at radius 1 is 1.29 bits per heavy atom. The summed E-state index contributed by atoms with van der Waals surface area (Å²) in [5.41, 5.74) is -1.74. The van der Waals surface area contributed by atoms with E-state index in [1.165, 1.54) is 6.92 Å². The predicted molar refractivity (Wildman–Crippen MR) is 114 cm³/mol. The maximum atomic E-state index is 13.2. The highest BCUT2D eigenvalue weighted by molar-refractivity contribution is 6.01. The molecule has 0 unspecified atom stereocenters. The van der Waals surface area contributed by atoms with Crippen LogP contribution in [0.25, 0.3) is 0 Å². The first-order valence-electron chi connectivity index (χ1n) is 11.5. The highest BCUT2D eigenvalue weighted by atomic mass is 16.5. The Morgan fingerprint density at radius 3 is 2.65 bits per heavy atom. The summed E-state index contributed by atoms with van der Waals surface area (Å²) in [6, 6.07) is 0. The molecule has 0 aromatic rings. The van der Waals surface area contributed by atoms with Crippen molar-refractivity contribution in [3.8, 4) is 0 Å². The molecule has 0 aromatic carbocycles. The van der Waals surface area contributed by atoms with Crippen LogP contribution in [0.5, 0.6) is 0 Å². The number of hydrogen-bond donors (Lipinski definition) is 2. The molecule has 170 valence electrons. The number of allylic oxidation sites excluding steroid dienone is 4. The third kappa shape index (κ3) is 3.01. The molecular weight excluding hydrogens is 396 g/mol. The van der Waals surface area contributed by atoms with Gasteiger partial charge in [-0.3, -0.25) is 14.4 Å². The number of esters is 1. The zero-order chi connectivity index (χ0) is 22.8. The predicted octanol–water partition coefficient (Wildman–Crippen LogP) is 2.76. The van der Waals surface area contributed by atoms with E-state index in [9.17, 15) is 24.6 Å². The molecular formula is C25H34O6. The third-order valence-corrected chi connectivity index (χ3v) is 9.21. The molecule has 0 bridgehead atoms. The molecule has 0 aliphatic heterocycles. The lowest BCUT2D eigenvalue weighted by Crippen LogP contribution is -2.63. The highest BCUT2D eigenvalue weighted by Crippen LogP contribution is 2.68. The van der Waals surface area contributed by atoms with Crippen molar-refractivity contribution >= 4 is 17.5 Å². The Balaban J connectivity index is 1.73. The normalized spacial score (nSPS) is 45.9. The largest absolute Gasteiger partial charge is 0.458 e. The standard InChI is InChI=1S/C25H34O6/c1-5-15-11-19-18-7-6-16-10-17(27)8-9-23(16,3)22(18)20(28)12-24(19,4)25(15,30)21(29)13-31-14(2)26/h8-10,15,18-20,22,28,30H,5-7,11-13H2,1-4H3/t15-,18-,19-,20-,22+,23-,24-,25-/m0/s1. The molecule has 6 heteroatoms. The molecule has 8 atom stereocenters. The minimum absolute atomic E-state index is 0.00146. The van der Waals surface area contributed by atoms with Crippen molar-refractivity contribution in [1.82, 2.24) is 0 Å². The van der Waals surface area contributed by atoms with Crippen LogP contribution in [0.3, 0.4) is 0 Å². The van der Waals surface area contributed by atoms with Gasteiger partial charge in [-0.05, 0) is 55.6 Å². The fourth-order valence-electron chi connectivity index (χ4n) is 7.77. The van der Waals surface area contributed by atoms with Crippen molar-refractivity contribution in [1.29, 1.82) is 0 Å². The summed E-state index contributed by atoms with van der Waals surface area (Å²) in [4.78, 5) is 36.5. The van der Waals surface area contributed by atoms with Crippen LogP contribution in [0.1, 0.15) is 59.8 Å². The van der Waals surface area contributed by atoms with E-state index < -0.39 is 35.5 Å². The maximum Gasteiger partial charge on any atom is 0.303 e. The second kappa shape index (κ2) is 7.38. The molecule has 0 aromatic heterocycles. The summed E-state index contributed by atoms with van der Waals surface area (Å²) >= 11 is 0. The van der Waals surface area contributed by atoms with Gasteiger partial charge < -0.3 is 14.9 Å². The summed E-state index contributed by atoms with van der Waals surface area (Å²) in [7, 11) is 0. The average Bonchev–Trinajstić information content (AvgIpc) is 2.94. The van der Waals surface area contributed by atoms with Gasteiger partial charge in [0, 0.05) is 23.7 Å². The van der Waals surface area contributed by atoms with E-state index in [1.54, 1.807) is 12.2 Å². The molecule has 2 N–H and O–H groups in total. The topological polar surface area (TPSA) is 101 Å². The minimum Gasteiger partial charge on any atom is -0.458 e. The lowest BCUT2D eigenvalue weighted by atomic mass is 9.46. The molecule has 0 radical (unpaired) electrons. The molecule has 4 rings (SSSR count). The van der Waals surface area contributed by atoms with Crippen LogP contribution in [0.2, 0.25) is 0 Å². The molecule has 0 heterocycles. The van der Waals surface area contributed by atoms with Gasteiger partial charge in [0.2, 0.25) is 5.78 Å². The first-order valence-corrected chi connectivity index (χ1v) is 11.5. The number of carbonyl (C=O) groups is 3. The monoisotopic (exact) mass is 430 g/mol. The first-order chi connectivity index (χ1) is 14.5. The lowest BCUT2D eigenvalue weighted by Gasteiger charge is -2.59. The van der Waals surface area contributed by atoms with Crippen molar-refractivity contribution in [3.63, 3.8) is 0 Å². The number of rotatable bonds is 4. The lowest BCUT2D eigenvalue weighted by molar-refractivity contribution is -0.186. The maximum absolute atomic E-state index is 13.2. The van der Waals surface area contributed by atoms with Gasteiger partial charge in [0.25, 0.3) is 0 Å². The van der Waals surface area contributed by atoms with Gasteiger partial charge >= 0.3 is 5.97 Å². The number of hydrogen-bond acceptors (Lipinski definition) is 6. The Labute approximate surface area is 183 Å². The minimum atomic E-state index is -1.64. The third-order valence-electron chi connectivity index (χ3n) is 9.21. The number of Topliss-reactive ketones (excluding diaryl/α,β-unsaturated/α-hetero) is 1. The number of ether oxygens (including phenoxy) is 1. The molecule has 4 aliphatic rings. The van der Waals surface area contributed by atoms with Crippen LogP contribution >= 0.6 is 0 Å². The summed E-state index contributed by atoms with van der Waals surface area (Å²) in [6.45, 7) is 6.83. The SMILES string of the molecule is CC[C@H]1C[C@H]2[C@@H]3CCC4=CC(=O)C=C[C@]4(C)[C@H]3[C@@H](O)C[C@]2(C)[C@@]1(O)C(=O)COC(C)=O. The quantitative estimate of drug-likeness (QED) is 0.665. The Hall–Kier alpha value is -1.79. The fourth-order valence-corrected chi connectivity index (χ4v) is 7.77. The van der Waals surface area contributed by atoms with E-state index in [4.69, 9.17) is 4.74 Å². The number of fused-ring (bicyclic) bond motifs is 5. The Bertz CT molecular complexity index is 873. The molecule has 6 nitrogen and oxygen atoms in total. The van der Waals surface area contributed by atoms with Crippen molar-refractivity contribution in [2.75, 3.05) is 6.61 Å².